The predicted molar refractivity (Wildman–Crippen MR) is 94.5 cm³/mol. The van der Waals surface area contributed by atoms with Gasteiger partial charge < -0.3 is 10.1 Å². The quantitative estimate of drug-likeness (QED) is 0.581. The molecule has 0 unspecified atom stereocenters. The summed E-state index contributed by atoms with van der Waals surface area (Å²) in [5, 5.41) is 3.18. The number of nitrogens with one attached hydrogen (secondary N) is 1. The maximum Gasteiger partial charge on any atom is 0.308 e. The fraction of sp³-hybridized carbons (Fsp3) is 0.211. The molecule has 0 radical (unpaired) electrons. The number of benzene rings is 2. The lowest BCUT2D eigenvalue weighted by atomic mass is 10.1. The lowest BCUT2D eigenvalue weighted by Crippen LogP contribution is -2.28. The lowest BCUT2D eigenvalue weighted by Gasteiger charge is -2.06. The summed E-state index contributed by atoms with van der Waals surface area (Å²) in [6.45, 7) is -0.169. The van der Waals surface area contributed by atoms with E-state index in [1.807, 2.05) is 30.3 Å². The minimum atomic E-state index is -0.540. The summed E-state index contributed by atoms with van der Waals surface area (Å²) < 4.78 is 4.92. The van der Waals surface area contributed by atoms with E-state index in [-0.39, 0.29) is 37.7 Å². The number of carbonyl (C=O) groups is 3. The average Bonchev–Trinajstić information content (AvgIpc) is 2.61. The lowest BCUT2D eigenvalue weighted by molar-refractivity contribution is -0.142. The van der Waals surface area contributed by atoms with Crippen LogP contribution in [0, 0.1) is 0 Å². The van der Waals surface area contributed by atoms with Crippen LogP contribution < -0.4 is 5.32 Å². The molecule has 0 saturated heterocycles. The molecule has 0 spiro atoms. The summed E-state index contributed by atoms with van der Waals surface area (Å²) in [7, 11) is 0. The number of rotatable bonds is 8. The highest BCUT2D eigenvalue weighted by molar-refractivity contribution is 6.30. The van der Waals surface area contributed by atoms with Crippen LogP contribution in [0.5, 0.6) is 0 Å². The summed E-state index contributed by atoms with van der Waals surface area (Å²) >= 11 is 5.75. The maximum atomic E-state index is 11.9. The standard InChI is InChI=1S/C19H18ClNO4/c20-16-8-6-15(7-9-16)17(22)13-25-19(24)10-11-21-18(23)12-14-4-2-1-3-5-14/h1-9H,10-13H2,(H,21,23). The second kappa shape index (κ2) is 9.59. The van der Waals surface area contributed by atoms with Gasteiger partial charge >= 0.3 is 5.97 Å². The smallest absolute Gasteiger partial charge is 0.308 e. The zero-order valence-corrected chi connectivity index (χ0v) is 14.3. The molecule has 2 rings (SSSR count). The third kappa shape index (κ3) is 6.77. The van der Waals surface area contributed by atoms with Crippen LogP contribution in [-0.2, 0) is 20.7 Å². The van der Waals surface area contributed by atoms with E-state index in [1.54, 1.807) is 24.3 Å². The number of hydrogen-bond acceptors (Lipinski definition) is 4. The van der Waals surface area contributed by atoms with Crippen molar-refractivity contribution in [2.75, 3.05) is 13.2 Å². The molecule has 5 nitrogen and oxygen atoms in total. The van der Waals surface area contributed by atoms with Crippen molar-refractivity contribution in [3.63, 3.8) is 0 Å². The molecule has 0 aromatic heterocycles. The third-order valence-electron chi connectivity index (χ3n) is 3.39. The van der Waals surface area contributed by atoms with Crippen molar-refractivity contribution in [1.82, 2.24) is 5.32 Å². The van der Waals surface area contributed by atoms with Crippen LogP contribution in [0.25, 0.3) is 0 Å². The van der Waals surface area contributed by atoms with Gasteiger partial charge in [0.1, 0.15) is 0 Å². The first kappa shape index (κ1) is 18.7. The molecular formula is C19H18ClNO4. The van der Waals surface area contributed by atoms with Crippen LogP contribution in [0.15, 0.2) is 54.6 Å². The van der Waals surface area contributed by atoms with Crippen molar-refractivity contribution in [2.24, 2.45) is 0 Å². The monoisotopic (exact) mass is 359 g/mol. The molecule has 1 amide bonds. The van der Waals surface area contributed by atoms with Gasteiger partial charge in [0.2, 0.25) is 5.91 Å². The summed E-state index contributed by atoms with van der Waals surface area (Å²) in [6, 6.07) is 15.6. The SMILES string of the molecule is O=C(Cc1ccccc1)NCCC(=O)OCC(=O)c1ccc(Cl)cc1. The van der Waals surface area contributed by atoms with Crippen molar-refractivity contribution >= 4 is 29.3 Å². The molecule has 0 aliphatic rings. The van der Waals surface area contributed by atoms with Crippen LogP contribution in [-0.4, -0.2) is 30.8 Å². The Labute approximate surface area is 150 Å². The molecule has 6 heteroatoms. The molecule has 1 N–H and O–H groups in total. The fourth-order valence-electron chi connectivity index (χ4n) is 2.09. The molecular weight excluding hydrogens is 342 g/mol. The number of carbonyl (C=O) groups excluding carboxylic acids is 3. The zero-order chi connectivity index (χ0) is 18.1. The Morgan fingerprint density at radius 2 is 1.64 bits per heavy atom. The molecule has 0 saturated carbocycles. The topological polar surface area (TPSA) is 72.5 Å². The van der Waals surface area contributed by atoms with E-state index >= 15 is 0 Å². The van der Waals surface area contributed by atoms with Gasteiger partial charge in [-0.05, 0) is 29.8 Å². The number of esters is 1. The van der Waals surface area contributed by atoms with Gasteiger partial charge in [0, 0.05) is 17.1 Å². The van der Waals surface area contributed by atoms with E-state index in [2.05, 4.69) is 5.32 Å². The summed E-state index contributed by atoms with van der Waals surface area (Å²) in [5.74, 6) is -1.02. The Bertz CT molecular complexity index is 729. The van der Waals surface area contributed by atoms with Gasteiger partial charge in [-0.25, -0.2) is 0 Å². The molecule has 0 heterocycles. The van der Waals surface area contributed by atoms with E-state index in [1.165, 1.54) is 0 Å². The molecule has 0 bridgehead atoms. The van der Waals surface area contributed by atoms with Gasteiger partial charge in [-0.1, -0.05) is 41.9 Å². The minimum Gasteiger partial charge on any atom is -0.457 e. The molecule has 0 atom stereocenters. The summed E-state index contributed by atoms with van der Waals surface area (Å²) in [6.07, 6.45) is 0.263. The molecule has 25 heavy (non-hydrogen) atoms. The van der Waals surface area contributed by atoms with E-state index in [0.29, 0.717) is 10.6 Å². The average molecular weight is 360 g/mol. The Hall–Kier alpha value is -2.66. The van der Waals surface area contributed by atoms with E-state index in [4.69, 9.17) is 16.3 Å². The largest absolute Gasteiger partial charge is 0.457 e. The predicted octanol–water partition coefficient (Wildman–Crippen LogP) is 2.81. The van der Waals surface area contributed by atoms with Crippen molar-refractivity contribution in [3.05, 3.63) is 70.7 Å². The van der Waals surface area contributed by atoms with Crippen LogP contribution in [0.3, 0.4) is 0 Å². The van der Waals surface area contributed by atoms with Gasteiger partial charge in [-0.15, -0.1) is 0 Å². The Morgan fingerprint density at radius 3 is 2.32 bits per heavy atom. The van der Waals surface area contributed by atoms with Crippen molar-refractivity contribution in [3.8, 4) is 0 Å². The highest BCUT2D eigenvalue weighted by atomic mass is 35.5. The van der Waals surface area contributed by atoms with Crippen LogP contribution >= 0.6 is 11.6 Å². The first-order valence-electron chi connectivity index (χ1n) is 7.79. The summed E-state index contributed by atoms with van der Waals surface area (Å²) in [4.78, 5) is 35.2. The number of halogens is 1. The van der Waals surface area contributed by atoms with Gasteiger partial charge in [0.15, 0.2) is 12.4 Å². The van der Waals surface area contributed by atoms with Crippen LogP contribution in [0.1, 0.15) is 22.3 Å². The van der Waals surface area contributed by atoms with Gasteiger partial charge in [-0.3, -0.25) is 14.4 Å². The van der Waals surface area contributed by atoms with E-state index in [9.17, 15) is 14.4 Å². The second-order valence-corrected chi connectivity index (χ2v) is 5.79. The Balaban J connectivity index is 1.64. The fourth-order valence-corrected chi connectivity index (χ4v) is 2.21. The van der Waals surface area contributed by atoms with E-state index < -0.39 is 5.97 Å². The number of amides is 1. The van der Waals surface area contributed by atoms with Gasteiger partial charge in [-0.2, -0.15) is 0 Å². The van der Waals surface area contributed by atoms with Crippen molar-refractivity contribution in [2.45, 2.75) is 12.8 Å². The summed E-state index contributed by atoms with van der Waals surface area (Å²) in [5.41, 5.74) is 1.32. The normalized spacial score (nSPS) is 10.1. The van der Waals surface area contributed by atoms with Crippen LogP contribution in [0.2, 0.25) is 5.02 Å². The number of Topliss-reactive ketones (excluding diaryl/α,β-unsaturated/α-hetero) is 1. The van der Waals surface area contributed by atoms with Gasteiger partial charge in [0.05, 0.1) is 12.8 Å². The molecule has 0 aliphatic heterocycles. The van der Waals surface area contributed by atoms with Crippen molar-refractivity contribution in [1.29, 1.82) is 0 Å². The first-order valence-corrected chi connectivity index (χ1v) is 8.17. The van der Waals surface area contributed by atoms with E-state index in [0.717, 1.165) is 5.56 Å². The zero-order valence-electron chi connectivity index (χ0n) is 13.5. The van der Waals surface area contributed by atoms with Crippen LogP contribution in [0.4, 0.5) is 0 Å². The van der Waals surface area contributed by atoms with Gasteiger partial charge in [0.25, 0.3) is 0 Å². The maximum absolute atomic E-state index is 11.9. The number of hydrogen-bond donors (Lipinski definition) is 1. The molecule has 130 valence electrons. The molecule has 2 aromatic rings. The second-order valence-electron chi connectivity index (χ2n) is 5.35. The first-order chi connectivity index (χ1) is 12.0. The molecule has 2 aromatic carbocycles. The molecule has 0 fully saturated rings. The highest BCUT2D eigenvalue weighted by Gasteiger charge is 2.10. The Kier molecular flexibility index (Phi) is 7.16. The minimum absolute atomic E-state index is 0.00836. The number of ketones is 1. The van der Waals surface area contributed by atoms with Crippen molar-refractivity contribution < 1.29 is 19.1 Å². The molecule has 0 aliphatic carbocycles. The number of ether oxygens (including phenoxy) is 1. The third-order valence-corrected chi connectivity index (χ3v) is 3.64. The Morgan fingerprint density at radius 1 is 0.960 bits per heavy atom. The highest BCUT2D eigenvalue weighted by Crippen LogP contribution is 2.10.